The third-order valence-corrected chi connectivity index (χ3v) is 19.3. The Bertz CT molecular complexity index is 4060. The Morgan fingerprint density at radius 1 is 0.439 bits per heavy atom. The van der Waals surface area contributed by atoms with Gasteiger partial charge in [0.1, 0.15) is 17.3 Å². The molecule has 0 aliphatic carbocycles. The normalized spacial score (nSPS) is 13.8. The molecule has 0 bridgehead atoms. The minimum atomic E-state index is 0.623. The predicted octanol–water partition coefficient (Wildman–Crippen LogP) is 20.4. The molecule has 14 rings (SSSR count). The number of imidazole rings is 1. The quantitative estimate of drug-likeness (QED) is 0.101. The van der Waals surface area contributed by atoms with Gasteiger partial charge in [-0.2, -0.15) is 20.4 Å². The van der Waals surface area contributed by atoms with Gasteiger partial charge in [0.25, 0.3) is 0 Å². The van der Waals surface area contributed by atoms with Crippen LogP contribution in [-0.4, -0.2) is 132 Å². The fourth-order valence-corrected chi connectivity index (χ4v) is 10.4. The summed E-state index contributed by atoms with van der Waals surface area (Å²) in [6.07, 6.45) is 20.9. The molecule has 24 nitrogen and oxygen atoms in total. The van der Waals surface area contributed by atoms with Gasteiger partial charge in [-0.3, -0.25) is 23.7 Å². The Morgan fingerprint density at radius 2 is 0.921 bits per heavy atom. The topological polar surface area (TPSA) is 269 Å². The molecule has 0 aromatic carbocycles. The third-order valence-electron chi connectivity index (χ3n) is 17.9. The Labute approximate surface area is 689 Å². The number of aryl methyl sites for hydroxylation is 18. The van der Waals surface area contributed by atoms with Crippen molar-refractivity contribution in [1.29, 1.82) is 0 Å². The molecular formula is C88H130N20O4S2. The van der Waals surface area contributed by atoms with E-state index in [1.165, 1.54) is 108 Å². The summed E-state index contributed by atoms with van der Waals surface area (Å²) < 4.78 is 31.2. The van der Waals surface area contributed by atoms with Crippen LogP contribution in [0, 0.1) is 142 Å². The first-order chi connectivity index (χ1) is 53.4. The first kappa shape index (κ1) is 101. The number of hydrogen-bond acceptors (Lipinski definition) is 22. The summed E-state index contributed by atoms with van der Waals surface area (Å²) in [4.78, 5) is 30.3. The van der Waals surface area contributed by atoms with Crippen LogP contribution < -0.4 is 0 Å². The second-order valence-electron chi connectivity index (χ2n) is 27.8. The maximum atomic E-state index is 5.06. The lowest BCUT2D eigenvalue weighted by Gasteiger charge is -2.28. The van der Waals surface area contributed by atoms with Crippen molar-refractivity contribution in [2.45, 2.75) is 235 Å². The van der Waals surface area contributed by atoms with Crippen LogP contribution in [0.25, 0.3) is 0 Å². The van der Waals surface area contributed by atoms with Crippen LogP contribution >= 0.6 is 22.9 Å². The summed E-state index contributed by atoms with van der Waals surface area (Å²) in [7, 11) is 1.96. The third kappa shape index (κ3) is 40.7. The lowest BCUT2D eigenvalue weighted by molar-refractivity contribution is -0.447. The minimum absolute atomic E-state index is 0.623. The number of rotatable bonds is 0. The van der Waals surface area contributed by atoms with Gasteiger partial charge >= 0.3 is 0 Å². The van der Waals surface area contributed by atoms with E-state index in [0.29, 0.717) is 11.8 Å². The molecule has 1 fully saturated rings. The van der Waals surface area contributed by atoms with Crippen molar-refractivity contribution in [2.24, 2.45) is 13.0 Å². The van der Waals surface area contributed by atoms with Gasteiger partial charge in [-0.1, -0.05) is 112 Å². The Kier molecular flexibility index (Phi) is 47.4. The monoisotopic (exact) mass is 1600 g/mol. The summed E-state index contributed by atoms with van der Waals surface area (Å²) >= 11 is 3.15. The van der Waals surface area contributed by atoms with Crippen LogP contribution in [0.5, 0.6) is 0 Å². The van der Waals surface area contributed by atoms with Gasteiger partial charge in [0.15, 0.2) is 5.89 Å². The van der Waals surface area contributed by atoms with Crippen molar-refractivity contribution in [2.75, 3.05) is 13.2 Å². The molecule has 4 aliphatic heterocycles. The van der Waals surface area contributed by atoms with Crippen molar-refractivity contribution in [3.63, 3.8) is 0 Å². The first-order valence-corrected chi connectivity index (χ1v) is 39.1. The van der Waals surface area contributed by atoms with E-state index in [1.807, 2.05) is 171 Å². The highest BCUT2D eigenvalue weighted by Gasteiger charge is 2.22. The smallest absolute Gasteiger partial charge is 0.213 e. The molecule has 10 aromatic rings. The Hall–Kier alpha value is -10.7. The van der Waals surface area contributed by atoms with Gasteiger partial charge in [-0.05, 0) is 192 Å². The zero-order valence-corrected chi connectivity index (χ0v) is 76.5. The predicted molar refractivity (Wildman–Crippen MR) is 465 cm³/mol. The van der Waals surface area contributed by atoms with E-state index in [1.54, 1.807) is 68.7 Å². The van der Waals surface area contributed by atoms with Crippen LogP contribution in [0.3, 0.4) is 0 Å². The number of hydrogen-bond donors (Lipinski definition) is 0. The molecule has 0 spiro atoms. The molecule has 10 aromatic heterocycles. The number of nitrogens with zero attached hydrogens (tertiary/aromatic N) is 20. The van der Waals surface area contributed by atoms with Gasteiger partial charge in [0.2, 0.25) is 11.8 Å². The maximum absolute atomic E-state index is 5.06. The van der Waals surface area contributed by atoms with E-state index >= 15 is 0 Å². The lowest BCUT2D eigenvalue weighted by Crippen LogP contribution is -2.20. The van der Waals surface area contributed by atoms with E-state index in [2.05, 4.69) is 218 Å². The summed E-state index contributed by atoms with van der Waals surface area (Å²) in [5.41, 5.74) is 24.2. The van der Waals surface area contributed by atoms with E-state index in [9.17, 15) is 0 Å². The van der Waals surface area contributed by atoms with E-state index in [0.717, 1.165) is 97.5 Å². The van der Waals surface area contributed by atoms with Gasteiger partial charge in [-0.15, -0.1) is 43.4 Å². The molecule has 618 valence electrons. The number of allylic oxidation sites excluding steroid dienone is 9. The Morgan fingerprint density at radius 3 is 1.11 bits per heavy atom. The Balaban J connectivity index is 0.000000617. The molecule has 0 radical (unpaired) electrons. The van der Waals surface area contributed by atoms with Crippen LogP contribution in [0.15, 0.2) is 173 Å². The molecule has 1 atom stereocenters. The van der Waals surface area contributed by atoms with E-state index < -0.39 is 0 Å². The highest BCUT2D eigenvalue weighted by atomic mass is 32.1. The fourth-order valence-electron chi connectivity index (χ4n) is 9.41. The van der Waals surface area contributed by atoms with Gasteiger partial charge in [-0.25, -0.2) is 24.9 Å². The first-order valence-electron chi connectivity index (χ1n) is 37.5. The lowest BCUT2D eigenvalue weighted by atomic mass is 9.93. The molecule has 0 N–H and O–H groups in total. The molecule has 14 heterocycles. The van der Waals surface area contributed by atoms with Crippen molar-refractivity contribution in [3.05, 3.63) is 273 Å². The second kappa shape index (κ2) is 53.3. The number of aromatic nitrogens is 17. The fraction of sp³-hybridized carbons (Fsp3) is 0.432. The number of ether oxygens (including phenoxy) is 1. The van der Waals surface area contributed by atoms with Crippen LogP contribution in [-0.2, 0) is 11.8 Å². The van der Waals surface area contributed by atoms with Crippen LogP contribution in [0.2, 0.25) is 0 Å². The SMILES string of the molecule is C=[N+]1C(C)=C(C)C(C)=C(C)[C-]1C.C=[N+]1C(C)=C(C)C(C)=C(C)[C-]1C.C=[N+]1C(C)=C(C)C(C)=C(C)[C-]1C.CC1CCOC1.Cc1cc(C)on1.Cc1ccc(C)nn1.Cc1ccnnc1.Cc1cn(C)cn1.Cc1cnc(C)cn1.Cc1cnc(C)nc1.Cc1cnc(C)o1.Cc1cnc(C)s1.Cc1cnns1.Cc1nnc(C)o1. The average molecular weight is 1600 g/mol. The van der Waals surface area contributed by atoms with E-state index in [-0.39, 0.29) is 0 Å². The number of oxazole rings is 1. The zero-order chi connectivity index (χ0) is 86.6. The van der Waals surface area contributed by atoms with Crippen LogP contribution in [0.1, 0.15) is 212 Å². The van der Waals surface area contributed by atoms with Gasteiger partial charge < -0.3 is 22.7 Å². The van der Waals surface area contributed by atoms with Crippen molar-refractivity contribution in [1.82, 2.24) is 84.8 Å². The molecule has 0 saturated carbocycles. The summed E-state index contributed by atoms with van der Waals surface area (Å²) in [5, 5.41) is 30.5. The molecule has 26 heteroatoms. The van der Waals surface area contributed by atoms with E-state index in [4.69, 9.17) is 18.1 Å². The maximum Gasteiger partial charge on any atom is 0.213 e. The highest BCUT2D eigenvalue weighted by molar-refractivity contribution is 7.11. The van der Waals surface area contributed by atoms with Gasteiger partial charge in [0, 0.05) is 100 Å². The van der Waals surface area contributed by atoms with Crippen molar-refractivity contribution < 1.29 is 31.8 Å². The average Bonchev–Trinajstić information content (AvgIpc) is 1.82. The molecule has 1 unspecified atom stereocenters. The summed E-state index contributed by atoms with van der Waals surface area (Å²) in [6, 6.07) is 11.5. The summed E-state index contributed by atoms with van der Waals surface area (Å²) in [5.74, 6) is 5.38. The minimum Gasteiger partial charge on any atom is -0.446 e. The van der Waals surface area contributed by atoms with Crippen molar-refractivity contribution >= 4 is 43.0 Å². The molecule has 114 heavy (non-hydrogen) atoms. The zero-order valence-electron chi connectivity index (χ0n) is 74.9. The molecule has 4 aliphatic rings. The highest BCUT2D eigenvalue weighted by Crippen LogP contribution is 2.34. The molecular weight excluding hydrogens is 1470 g/mol. The molecule has 1 saturated heterocycles. The van der Waals surface area contributed by atoms with Crippen molar-refractivity contribution in [3.8, 4) is 0 Å². The standard InChI is InChI=1S/3C11H17N.3C6H8N2.C5H8N2.C5H6N2.2C5H7NO.C5H7NS.C5H10O.C4H6N2O.C3H4N2S/c3*1-7-8(2)10(4)12(6)11(5)9(7)3;1-5-3-8-6(2)4-7-5;1-5-3-7-6(2)8-4-5;1-5-3-4-6(2)8-7-5;1-5-3-7(2)4-6-5;1-5-2-3-6-7-4-5;1-4-3-6-5(2)7-4;1-4-3-5(2)7-6-4;1-4-3-6-5(2)7-4;1-5-2-3-6-4-5;1-3-5-6-4(2)7-3;1-3-2-4-5-6-3/h3*6H2,1-5H3;3*3-4H,1-2H3;3-4H,1-2H3;2-4H,1H3;3*3H,1-2H3;5H,2-4H2,1H3;1-2H3;2H,1H3. The number of thiazole rings is 1. The van der Waals surface area contributed by atoms with Gasteiger partial charge in [0.05, 0.1) is 119 Å². The largest absolute Gasteiger partial charge is 0.446 e. The second-order valence-corrected chi connectivity index (χ2v) is 30.3. The molecule has 0 amide bonds. The summed E-state index contributed by atoms with van der Waals surface area (Å²) in [6.45, 7) is 80.8. The van der Waals surface area contributed by atoms with Crippen LogP contribution in [0.4, 0.5) is 0 Å².